The highest BCUT2D eigenvalue weighted by molar-refractivity contribution is 7.99. The number of aromatic amines is 1. The van der Waals surface area contributed by atoms with E-state index in [4.69, 9.17) is 11.6 Å². The topological polar surface area (TPSA) is 63.6 Å². The maximum absolute atomic E-state index is 12.4. The number of ketones is 1. The molecule has 0 aliphatic rings. The van der Waals surface area contributed by atoms with Crippen LogP contribution in [0.4, 0.5) is 0 Å². The number of hydrogen-bond acceptors (Lipinski definition) is 4. The van der Waals surface area contributed by atoms with Crippen LogP contribution in [0.25, 0.3) is 5.69 Å². The smallest absolute Gasteiger partial charge is 0.196 e. The third-order valence-electron chi connectivity index (χ3n) is 3.39. The number of hydrogen-bond donors (Lipinski definition) is 1. The Morgan fingerprint density at radius 3 is 2.87 bits per heavy atom. The maximum Gasteiger partial charge on any atom is 0.196 e. The minimum atomic E-state index is 0.0671. The minimum absolute atomic E-state index is 0.0671. The monoisotopic (exact) mass is 346 g/mol. The largest absolute Gasteiger partial charge is 0.362 e. The van der Waals surface area contributed by atoms with E-state index < -0.39 is 0 Å². The Morgan fingerprint density at radius 1 is 1.35 bits per heavy atom. The standard InChI is InChI=1S/C16H15ClN4OS/c1-10-6-14(11(2)19-10)15(22)8-23-16-20-18-9-21(16)13-5-3-4-12(17)7-13/h3-7,9,19H,8H2,1-2H3. The molecule has 1 aromatic carbocycles. The molecule has 2 aromatic heterocycles. The van der Waals surface area contributed by atoms with Crippen LogP contribution < -0.4 is 0 Å². The van der Waals surface area contributed by atoms with Gasteiger partial charge in [0.15, 0.2) is 10.9 Å². The molecular weight excluding hydrogens is 332 g/mol. The minimum Gasteiger partial charge on any atom is -0.362 e. The molecule has 0 aliphatic carbocycles. The van der Waals surface area contributed by atoms with Crippen molar-refractivity contribution < 1.29 is 4.79 Å². The van der Waals surface area contributed by atoms with E-state index in [2.05, 4.69) is 15.2 Å². The van der Waals surface area contributed by atoms with Crippen molar-refractivity contribution in [2.45, 2.75) is 19.0 Å². The number of aromatic nitrogens is 4. The molecule has 7 heteroatoms. The van der Waals surface area contributed by atoms with Gasteiger partial charge in [0.2, 0.25) is 0 Å². The molecule has 0 saturated heterocycles. The summed E-state index contributed by atoms with van der Waals surface area (Å²) in [4.78, 5) is 15.5. The fraction of sp³-hybridized carbons (Fsp3) is 0.188. The van der Waals surface area contributed by atoms with Gasteiger partial charge < -0.3 is 4.98 Å². The van der Waals surface area contributed by atoms with Gasteiger partial charge in [0.1, 0.15) is 6.33 Å². The first-order valence-corrected chi connectivity index (χ1v) is 8.39. The molecule has 0 saturated carbocycles. The second kappa shape index (κ2) is 6.60. The zero-order valence-electron chi connectivity index (χ0n) is 12.7. The summed E-state index contributed by atoms with van der Waals surface area (Å²) in [5, 5.41) is 9.32. The zero-order valence-corrected chi connectivity index (χ0v) is 14.3. The second-order valence-corrected chi connectivity index (χ2v) is 6.55. The second-order valence-electron chi connectivity index (χ2n) is 5.17. The molecule has 0 unspecified atom stereocenters. The van der Waals surface area contributed by atoms with E-state index in [1.165, 1.54) is 11.8 Å². The number of carbonyl (C=O) groups excluding carboxylic acids is 1. The van der Waals surface area contributed by atoms with Crippen molar-refractivity contribution in [3.05, 3.63) is 58.6 Å². The van der Waals surface area contributed by atoms with Gasteiger partial charge in [-0.3, -0.25) is 9.36 Å². The molecule has 5 nitrogen and oxygen atoms in total. The highest BCUT2D eigenvalue weighted by atomic mass is 35.5. The highest BCUT2D eigenvalue weighted by Crippen LogP contribution is 2.23. The lowest BCUT2D eigenvalue weighted by molar-refractivity contribution is 0.102. The van der Waals surface area contributed by atoms with Crippen molar-refractivity contribution in [1.29, 1.82) is 0 Å². The molecule has 3 aromatic rings. The van der Waals surface area contributed by atoms with Crippen LogP contribution in [0.1, 0.15) is 21.7 Å². The number of thioether (sulfide) groups is 1. The third kappa shape index (κ3) is 3.48. The van der Waals surface area contributed by atoms with Gasteiger partial charge in [0, 0.05) is 22.0 Å². The summed E-state index contributed by atoms with van der Waals surface area (Å²) in [5.41, 5.74) is 3.47. The number of aryl methyl sites for hydroxylation is 2. The van der Waals surface area contributed by atoms with E-state index in [0.29, 0.717) is 15.9 Å². The van der Waals surface area contributed by atoms with Crippen LogP contribution >= 0.6 is 23.4 Å². The molecule has 0 spiro atoms. The lowest BCUT2D eigenvalue weighted by Gasteiger charge is -2.06. The van der Waals surface area contributed by atoms with Crippen molar-refractivity contribution in [2.24, 2.45) is 0 Å². The Balaban J connectivity index is 1.76. The molecule has 118 valence electrons. The number of halogens is 1. The van der Waals surface area contributed by atoms with Crippen LogP contribution in [0, 0.1) is 13.8 Å². The maximum atomic E-state index is 12.4. The number of rotatable bonds is 5. The SMILES string of the molecule is Cc1cc(C(=O)CSc2nncn2-c2cccc(Cl)c2)c(C)[nH]1. The van der Waals surface area contributed by atoms with Crippen molar-refractivity contribution in [2.75, 3.05) is 5.75 Å². The van der Waals surface area contributed by atoms with Crippen molar-refractivity contribution in [1.82, 2.24) is 19.7 Å². The van der Waals surface area contributed by atoms with Crippen LogP contribution in [-0.2, 0) is 0 Å². The zero-order chi connectivity index (χ0) is 16.4. The fourth-order valence-electron chi connectivity index (χ4n) is 2.35. The molecule has 0 amide bonds. The Morgan fingerprint density at radius 2 is 2.17 bits per heavy atom. The predicted octanol–water partition coefficient (Wildman–Crippen LogP) is 3.84. The Kier molecular flexibility index (Phi) is 4.54. The summed E-state index contributed by atoms with van der Waals surface area (Å²) >= 11 is 7.38. The Hall–Kier alpha value is -2.05. The van der Waals surface area contributed by atoms with E-state index in [1.54, 1.807) is 6.33 Å². The molecule has 3 rings (SSSR count). The normalized spacial score (nSPS) is 10.9. The fourth-order valence-corrected chi connectivity index (χ4v) is 3.34. The van der Waals surface area contributed by atoms with Crippen LogP contribution in [0.2, 0.25) is 5.02 Å². The summed E-state index contributed by atoms with van der Waals surface area (Å²) < 4.78 is 1.82. The van der Waals surface area contributed by atoms with Crippen molar-refractivity contribution in [3.8, 4) is 5.69 Å². The van der Waals surface area contributed by atoms with Gasteiger partial charge >= 0.3 is 0 Å². The highest BCUT2D eigenvalue weighted by Gasteiger charge is 2.14. The van der Waals surface area contributed by atoms with E-state index >= 15 is 0 Å². The van der Waals surface area contributed by atoms with Crippen molar-refractivity contribution in [3.63, 3.8) is 0 Å². The van der Waals surface area contributed by atoms with Gasteiger partial charge in [0.05, 0.1) is 11.4 Å². The summed E-state index contributed by atoms with van der Waals surface area (Å²) in [7, 11) is 0. The first-order valence-electron chi connectivity index (χ1n) is 7.03. The third-order valence-corrected chi connectivity index (χ3v) is 4.56. The van der Waals surface area contributed by atoms with Gasteiger partial charge in [-0.25, -0.2) is 0 Å². The Bertz CT molecular complexity index is 855. The van der Waals surface area contributed by atoms with Crippen LogP contribution in [-0.4, -0.2) is 31.3 Å². The molecule has 0 aliphatic heterocycles. The van der Waals surface area contributed by atoms with E-state index in [1.807, 2.05) is 48.7 Å². The molecule has 0 fully saturated rings. The average molecular weight is 347 g/mol. The summed E-state index contributed by atoms with van der Waals surface area (Å²) in [5.74, 6) is 0.370. The van der Waals surface area contributed by atoms with Crippen LogP contribution in [0.5, 0.6) is 0 Å². The van der Waals surface area contributed by atoms with Gasteiger partial charge in [0.25, 0.3) is 0 Å². The van der Waals surface area contributed by atoms with E-state index in [9.17, 15) is 4.79 Å². The number of nitrogens with one attached hydrogen (secondary N) is 1. The first kappa shape index (κ1) is 15.8. The number of nitrogens with zero attached hydrogens (tertiary/aromatic N) is 3. The number of H-pyrrole nitrogens is 1. The van der Waals surface area contributed by atoms with Crippen LogP contribution in [0.15, 0.2) is 41.8 Å². The molecule has 23 heavy (non-hydrogen) atoms. The quantitative estimate of drug-likeness (QED) is 0.563. The molecule has 0 atom stereocenters. The number of carbonyl (C=O) groups is 1. The predicted molar refractivity (Wildman–Crippen MR) is 91.7 cm³/mol. The van der Waals surface area contributed by atoms with Gasteiger partial charge in [-0.1, -0.05) is 29.4 Å². The van der Waals surface area contributed by atoms with Crippen LogP contribution in [0.3, 0.4) is 0 Å². The lowest BCUT2D eigenvalue weighted by atomic mass is 10.2. The van der Waals surface area contributed by atoms with Gasteiger partial charge in [-0.05, 0) is 38.1 Å². The summed E-state index contributed by atoms with van der Waals surface area (Å²) in [6, 6.07) is 9.29. The van der Waals surface area contributed by atoms with Gasteiger partial charge in [-0.15, -0.1) is 10.2 Å². The van der Waals surface area contributed by atoms with E-state index in [-0.39, 0.29) is 5.78 Å². The van der Waals surface area contributed by atoms with Crippen molar-refractivity contribution >= 4 is 29.1 Å². The molecule has 2 heterocycles. The molecule has 1 N–H and O–H groups in total. The molecular formula is C16H15ClN4OS. The Labute approximate surface area is 143 Å². The number of Topliss-reactive ketones (excluding diaryl/α,β-unsaturated/α-hetero) is 1. The number of benzene rings is 1. The summed E-state index contributed by atoms with van der Waals surface area (Å²) in [6.45, 7) is 3.84. The molecule has 0 radical (unpaired) electrons. The van der Waals surface area contributed by atoms with E-state index in [0.717, 1.165) is 22.6 Å². The summed E-state index contributed by atoms with van der Waals surface area (Å²) in [6.07, 6.45) is 1.62. The molecule has 0 bridgehead atoms. The average Bonchev–Trinajstić information content (AvgIpc) is 3.11. The lowest BCUT2D eigenvalue weighted by Crippen LogP contribution is -2.04. The van der Waals surface area contributed by atoms with Gasteiger partial charge in [-0.2, -0.15) is 0 Å². The first-order chi connectivity index (χ1) is 11.0.